The highest BCUT2D eigenvalue weighted by molar-refractivity contribution is 5.91. The molecule has 38 heavy (non-hydrogen) atoms. The zero-order chi connectivity index (χ0) is 28.5. The van der Waals surface area contributed by atoms with Gasteiger partial charge in [-0.15, -0.1) is 0 Å². The highest BCUT2D eigenvalue weighted by atomic mass is 16.6. The number of benzene rings is 1. The van der Waals surface area contributed by atoms with Crippen molar-refractivity contribution in [2.24, 2.45) is 17.8 Å². The van der Waals surface area contributed by atoms with E-state index in [0.717, 1.165) is 5.56 Å². The third kappa shape index (κ3) is 10.6. The van der Waals surface area contributed by atoms with E-state index >= 15 is 0 Å². The molecule has 0 spiro atoms. The summed E-state index contributed by atoms with van der Waals surface area (Å²) in [5.74, 6) is -0.346. The third-order valence-corrected chi connectivity index (χ3v) is 6.53. The molecule has 0 radical (unpaired) electrons. The van der Waals surface area contributed by atoms with Crippen molar-refractivity contribution in [2.45, 2.75) is 104 Å². The molecule has 1 saturated heterocycles. The molecule has 0 saturated carbocycles. The number of ether oxygens (including phenoxy) is 2. The van der Waals surface area contributed by atoms with Gasteiger partial charge in [-0.2, -0.15) is 0 Å². The Morgan fingerprint density at radius 1 is 0.868 bits per heavy atom. The van der Waals surface area contributed by atoms with Crippen LogP contribution in [0.4, 0.5) is 4.79 Å². The first-order chi connectivity index (χ1) is 17.8. The minimum absolute atomic E-state index is 0.0866. The van der Waals surface area contributed by atoms with Crippen LogP contribution in [0.25, 0.3) is 0 Å². The molecule has 1 aromatic carbocycles. The molecule has 0 aromatic heterocycles. The minimum atomic E-state index is -0.864. The normalized spacial score (nSPS) is 20.0. The molecule has 0 bridgehead atoms. The molecule has 4 N–H and O–H groups in total. The molecule has 9 nitrogen and oxygen atoms in total. The highest BCUT2D eigenvalue weighted by Crippen LogP contribution is 2.33. The van der Waals surface area contributed by atoms with E-state index in [1.807, 2.05) is 78.8 Å². The van der Waals surface area contributed by atoms with Crippen molar-refractivity contribution in [3.8, 4) is 0 Å². The first kappa shape index (κ1) is 31.6. The second kappa shape index (κ2) is 14.5. The lowest BCUT2D eigenvalue weighted by atomic mass is 9.91. The van der Waals surface area contributed by atoms with Gasteiger partial charge in [0, 0.05) is 0 Å². The van der Waals surface area contributed by atoms with Crippen molar-refractivity contribution in [1.29, 1.82) is 0 Å². The van der Waals surface area contributed by atoms with Gasteiger partial charge in [-0.3, -0.25) is 9.59 Å². The van der Waals surface area contributed by atoms with Crippen LogP contribution in [0.15, 0.2) is 30.3 Å². The van der Waals surface area contributed by atoms with Crippen molar-refractivity contribution >= 4 is 17.9 Å². The van der Waals surface area contributed by atoms with Gasteiger partial charge in [0.05, 0.1) is 12.6 Å². The quantitative estimate of drug-likeness (QED) is 0.255. The highest BCUT2D eigenvalue weighted by Gasteiger charge is 2.50. The number of amides is 3. The van der Waals surface area contributed by atoms with Gasteiger partial charge in [-0.1, -0.05) is 71.9 Å². The van der Waals surface area contributed by atoms with Crippen LogP contribution in [-0.4, -0.2) is 59.5 Å². The maximum atomic E-state index is 13.4. The van der Waals surface area contributed by atoms with Gasteiger partial charge in [0.2, 0.25) is 11.8 Å². The zero-order valence-corrected chi connectivity index (χ0v) is 24.0. The molecule has 0 unspecified atom stereocenters. The summed E-state index contributed by atoms with van der Waals surface area (Å²) in [7, 11) is 0. The molecule has 1 aliphatic rings. The zero-order valence-electron chi connectivity index (χ0n) is 24.0. The number of alkyl carbamates (subject to hydrolysis) is 1. The molecule has 0 aliphatic carbocycles. The van der Waals surface area contributed by atoms with Crippen molar-refractivity contribution in [3.05, 3.63) is 35.9 Å². The molecule has 214 valence electrons. The summed E-state index contributed by atoms with van der Waals surface area (Å²) < 4.78 is 10.7. The van der Waals surface area contributed by atoms with Crippen molar-refractivity contribution < 1.29 is 29.0 Å². The van der Waals surface area contributed by atoms with Crippen LogP contribution in [0, 0.1) is 17.8 Å². The average molecular weight is 534 g/mol. The van der Waals surface area contributed by atoms with Gasteiger partial charge in [0.25, 0.3) is 0 Å². The van der Waals surface area contributed by atoms with Gasteiger partial charge in [-0.05, 0) is 49.5 Å². The number of aliphatic hydroxyl groups excluding tert-OH is 1. The molecule has 1 heterocycles. The molecule has 1 fully saturated rings. The number of aliphatic hydroxyl groups is 1. The van der Waals surface area contributed by atoms with Crippen LogP contribution < -0.4 is 16.0 Å². The number of nitrogens with one attached hydrogen (secondary N) is 3. The Kier molecular flexibility index (Phi) is 12.0. The molecule has 2 rings (SSSR count). The number of epoxide rings is 1. The molecular formula is C29H47N3O6. The van der Waals surface area contributed by atoms with E-state index in [9.17, 15) is 19.5 Å². The number of carbonyl (C=O) groups excluding carboxylic acids is 3. The lowest BCUT2D eigenvalue weighted by molar-refractivity contribution is -0.131. The lowest BCUT2D eigenvalue weighted by Gasteiger charge is -2.31. The number of hydrogen-bond acceptors (Lipinski definition) is 6. The Balaban J connectivity index is 2.08. The van der Waals surface area contributed by atoms with E-state index < -0.39 is 41.8 Å². The molecule has 9 heteroatoms. The lowest BCUT2D eigenvalue weighted by Crippen LogP contribution is -2.58. The maximum Gasteiger partial charge on any atom is 0.408 e. The standard InChI is InChI=1S/C29H47N3O6/c1-18(2)13-22(25(33)29(7)17-38-29)30-26(34)23(14-19(3)4)31-27(35)24(15-20(5)6)32-28(36)37-16-21-11-9-8-10-12-21/h8-12,18-20,22-25,33H,13-17H2,1-7H3,(H,30,34)(H,31,35)(H,32,36)/t22-,23-,24-,25+,29+/m0/s1. The van der Waals surface area contributed by atoms with Crippen molar-refractivity contribution in [1.82, 2.24) is 16.0 Å². The first-order valence-corrected chi connectivity index (χ1v) is 13.7. The molecule has 3 amide bonds. The Hall–Kier alpha value is -2.65. The van der Waals surface area contributed by atoms with Crippen LogP contribution in [0.1, 0.15) is 73.3 Å². The molecular weight excluding hydrogens is 486 g/mol. The van der Waals surface area contributed by atoms with Gasteiger partial charge < -0.3 is 30.5 Å². The summed E-state index contributed by atoms with van der Waals surface area (Å²) in [4.78, 5) is 39.2. The monoisotopic (exact) mass is 533 g/mol. The Morgan fingerprint density at radius 2 is 1.37 bits per heavy atom. The second-order valence-electron chi connectivity index (χ2n) is 11.9. The summed E-state index contributed by atoms with van der Waals surface area (Å²) in [6.45, 7) is 14.2. The van der Waals surface area contributed by atoms with E-state index in [2.05, 4.69) is 16.0 Å². The summed E-state index contributed by atoms with van der Waals surface area (Å²) in [6, 6.07) is 7.08. The van der Waals surface area contributed by atoms with Crippen LogP contribution in [0.5, 0.6) is 0 Å². The Labute approximate surface area is 227 Å². The van der Waals surface area contributed by atoms with Crippen molar-refractivity contribution in [3.63, 3.8) is 0 Å². The van der Waals surface area contributed by atoms with Crippen LogP contribution in [0.3, 0.4) is 0 Å². The third-order valence-electron chi connectivity index (χ3n) is 6.53. The van der Waals surface area contributed by atoms with Gasteiger partial charge in [0.15, 0.2) is 0 Å². The summed E-state index contributed by atoms with van der Waals surface area (Å²) in [5, 5.41) is 19.4. The van der Waals surface area contributed by atoms with E-state index in [4.69, 9.17) is 9.47 Å². The Morgan fingerprint density at radius 3 is 1.87 bits per heavy atom. The number of rotatable bonds is 15. The average Bonchev–Trinajstić information content (AvgIpc) is 3.59. The number of hydrogen-bond donors (Lipinski definition) is 4. The van der Waals surface area contributed by atoms with Crippen LogP contribution >= 0.6 is 0 Å². The first-order valence-electron chi connectivity index (χ1n) is 13.7. The van der Waals surface area contributed by atoms with Gasteiger partial charge >= 0.3 is 6.09 Å². The predicted molar refractivity (Wildman–Crippen MR) is 146 cm³/mol. The van der Waals surface area contributed by atoms with E-state index in [1.165, 1.54) is 0 Å². The predicted octanol–water partition coefficient (Wildman–Crippen LogP) is 3.54. The largest absolute Gasteiger partial charge is 0.445 e. The summed E-state index contributed by atoms with van der Waals surface area (Å²) in [6.07, 6.45) is -0.203. The SMILES string of the molecule is CC(C)C[C@H](NC(=O)OCc1ccccc1)C(=O)N[C@@H](CC(C)C)C(=O)N[C@@H](CC(C)C)[C@@H](O)[C@@]1(C)CO1. The van der Waals surface area contributed by atoms with Crippen LogP contribution in [-0.2, 0) is 25.7 Å². The Bertz CT molecular complexity index is 901. The van der Waals surface area contributed by atoms with Crippen LogP contribution in [0.2, 0.25) is 0 Å². The maximum absolute atomic E-state index is 13.4. The fourth-order valence-electron chi connectivity index (χ4n) is 4.35. The molecule has 1 aromatic rings. The topological polar surface area (TPSA) is 129 Å². The van der Waals surface area contributed by atoms with E-state index in [0.29, 0.717) is 25.9 Å². The second-order valence-corrected chi connectivity index (χ2v) is 11.9. The van der Waals surface area contributed by atoms with E-state index in [1.54, 1.807) is 0 Å². The fourth-order valence-corrected chi connectivity index (χ4v) is 4.35. The molecule has 5 atom stereocenters. The smallest absolute Gasteiger partial charge is 0.408 e. The fraction of sp³-hybridized carbons (Fsp3) is 0.690. The number of carbonyl (C=O) groups is 3. The molecule has 1 aliphatic heterocycles. The van der Waals surface area contributed by atoms with Crippen molar-refractivity contribution in [2.75, 3.05) is 6.61 Å². The summed E-state index contributed by atoms with van der Waals surface area (Å²) in [5.41, 5.74) is 0.167. The summed E-state index contributed by atoms with van der Waals surface area (Å²) >= 11 is 0. The van der Waals surface area contributed by atoms with Gasteiger partial charge in [-0.25, -0.2) is 4.79 Å². The van der Waals surface area contributed by atoms with Gasteiger partial charge in [0.1, 0.15) is 30.4 Å². The minimum Gasteiger partial charge on any atom is -0.445 e. The van der Waals surface area contributed by atoms with E-state index in [-0.39, 0.29) is 30.3 Å².